The molecule has 4 aromatic rings. The van der Waals surface area contributed by atoms with Crippen molar-refractivity contribution in [1.82, 2.24) is 14.9 Å². The smallest absolute Gasteiger partial charge is 0.166 e. The second-order valence-corrected chi connectivity index (χ2v) is 6.79. The van der Waals surface area contributed by atoms with Crippen LogP contribution in [0.15, 0.2) is 60.7 Å². The number of aldehydes is 1. The minimum Gasteiger partial charge on any atom is -0.357 e. The zero-order valence-corrected chi connectivity index (χ0v) is 14.7. The number of para-hydroxylation sites is 2. The quantitative estimate of drug-likeness (QED) is 0.527. The van der Waals surface area contributed by atoms with Gasteiger partial charge in [0.25, 0.3) is 0 Å². The lowest BCUT2D eigenvalue weighted by molar-refractivity contribution is 0.112. The van der Waals surface area contributed by atoms with E-state index in [4.69, 9.17) is 0 Å². The van der Waals surface area contributed by atoms with Gasteiger partial charge in [0, 0.05) is 28.7 Å². The molecule has 1 aliphatic heterocycles. The molecule has 1 fully saturated rings. The van der Waals surface area contributed by atoms with Crippen molar-refractivity contribution < 1.29 is 4.79 Å². The predicted molar refractivity (Wildman–Crippen MR) is 106 cm³/mol. The fraction of sp³-hybridized carbons (Fsp3) is 0.227. The van der Waals surface area contributed by atoms with E-state index in [0.717, 1.165) is 23.7 Å². The van der Waals surface area contributed by atoms with Gasteiger partial charge in [-0.1, -0.05) is 36.4 Å². The van der Waals surface area contributed by atoms with E-state index >= 15 is 0 Å². The van der Waals surface area contributed by atoms with Crippen molar-refractivity contribution in [2.45, 2.75) is 19.4 Å². The molecule has 2 N–H and O–H groups in total. The van der Waals surface area contributed by atoms with E-state index in [0.29, 0.717) is 5.69 Å². The van der Waals surface area contributed by atoms with Crippen molar-refractivity contribution >= 4 is 28.1 Å². The van der Waals surface area contributed by atoms with Crippen molar-refractivity contribution in [3.8, 4) is 0 Å². The molecule has 132 valence electrons. The third-order valence-corrected chi connectivity index (χ3v) is 4.86. The van der Waals surface area contributed by atoms with Crippen LogP contribution in [0.25, 0.3) is 21.8 Å². The number of nitrogens with zero attached hydrogens (tertiary/aromatic N) is 1. The van der Waals surface area contributed by atoms with Crippen molar-refractivity contribution in [3.63, 3.8) is 0 Å². The van der Waals surface area contributed by atoms with Crippen LogP contribution in [0.1, 0.15) is 29.0 Å². The average molecular weight is 345 g/mol. The maximum atomic E-state index is 10.3. The molecular weight excluding hydrogens is 322 g/mol. The third-order valence-electron chi connectivity index (χ3n) is 4.86. The molecule has 0 saturated carbocycles. The van der Waals surface area contributed by atoms with Gasteiger partial charge in [0.15, 0.2) is 6.29 Å². The molecule has 2 aromatic carbocycles. The maximum absolute atomic E-state index is 10.3. The van der Waals surface area contributed by atoms with Crippen LogP contribution >= 0.6 is 0 Å². The molecule has 0 bridgehead atoms. The van der Waals surface area contributed by atoms with Gasteiger partial charge in [-0.3, -0.25) is 9.69 Å². The molecule has 0 unspecified atom stereocenters. The molecule has 0 radical (unpaired) electrons. The van der Waals surface area contributed by atoms with Gasteiger partial charge < -0.3 is 9.97 Å². The SMILES string of the molecule is O=Cc1cc2ccccc2[nH]1.c1ccc2[nH]c(CN3CCCC3)cc2c1. The zero-order valence-electron chi connectivity index (χ0n) is 14.7. The first kappa shape index (κ1) is 16.6. The van der Waals surface area contributed by atoms with E-state index in [2.05, 4.69) is 45.2 Å². The largest absolute Gasteiger partial charge is 0.357 e. The number of hydrogen-bond donors (Lipinski definition) is 2. The van der Waals surface area contributed by atoms with Crippen molar-refractivity contribution in [1.29, 1.82) is 0 Å². The van der Waals surface area contributed by atoms with Crippen molar-refractivity contribution in [3.05, 3.63) is 72.1 Å². The number of aromatic amines is 2. The number of benzene rings is 2. The van der Waals surface area contributed by atoms with Gasteiger partial charge in [0.1, 0.15) is 0 Å². The molecule has 0 amide bonds. The number of fused-ring (bicyclic) bond motifs is 2. The number of carbonyl (C=O) groups is 1. The molecule has 4 nitrogen and oxygen atoms in total. The first-order valence-corrected chi connectivity index (χ1v) is 9.14. The highest BCUT2D eigenvalue weighted by atomic mass is 16.1. The fourth-order valence-corrected chi connectivity index (χ4v) is 3.56. The lowest BCUT2D eigenvalue weighted by Gasteiger charge is -2.12. The van der Waals surface area contributed by atoms with Crippen LogP contribution in [0, 0.1) is 0 Å². The van der Waals surface area contributed by atoms with Crippen LogP contribution < -0.4 is 0 Å². The second-order valence-electron chi connectivity index (χ2n) is 6.79. The Bertz CT molecular complexity index is 942. The summed E-state index contributed by atoms with van der Waals surface area (Å²) in [6, 6.07) is 20.4. The number of aromatic nitrogens is 2. The summed E-state index contributed by atoms with van der Waals surface area (Å²) >= 11 is 0. The summed E-state index contributed by atoms with van der Waals surface area (Å²) in [4.78, 5) is 19.3. The molecule has 1 saturated heterocycles. The van der Waals surface area contributed by atoms with Crippen LogP contribution in [-0.2, 0) is 6.54 Å². The van der Waals surface area contributed by atoms with Gasteiger partial charge in [-0.25, -0.2) is 0 Å². The zero-order chi connectivity index (χ0) is 17.8. The van der Waals surface area contributed by atoms with Crippen LogP contribution in [0.3, 0.4) is 0 Å². The topological polar surface area (TPSA) is 51.9 Å². The first-order valence-electron chi connectivity index (χ1n) is 9.14. The number of hydrogen-bond acceptors (Lipinski definition) is 2. The number of H-pyrrole nitrogens is 2. The fourth-order valence-electron chi connectivity index (χ4n) is 3.56. The van der Waals surface area contributed by atoms with Gasteiger partial charge in [0.05, 0.1) is 5.69 Å². The van der Waals surface area contributed by atoms with Gasteiger partial charge >= 0.3 is 0 Å². The Morgan fingerprint density at radius 2 is 1.46 bits per heavy atom. The van der Waals surface area contributed by atoms with Crippen molar-refractivity contribution in [2.75, 3.05) is 13.1 Å². The summed E-state index contributed by atoms with van der Waals surface area (Å²) in [5.41, 5.74) is 4.24. The molecule has 0 atom stereocenters. The highest BCUT2D eigenvalue weighted by Gasteiger charge is 2.12. The summed E-state index contributed by atoms with van der Waals surface area (Å²) < 4.78 is 0. The highest BCUT2D eigenvalue weighted by molar-refractivity contribution is 5.87. The summed E-state index contributed by atoms with van der Waals surface area (Å²) in [6.45, 7) is 3.60. The third kappa shape index (κ3) is 3.70. The molecule has 5 rings (SSSR count). The van der Waals surface area contributed by atoms with E-state index in [-0.39, 0.29) is 0 Å². The van der Waals surface area contributed by atoms with E-state index < -0.39 is 0 Å². The van der Waals surface area contributed by atoms with Gasteiger partial charge in [-0.05, 0) is 55.6 Å². The van der Waals surface area contributed by atoms with Crippen LogP contribution in [-0.4, -0.2) is 34.2 Å². The molecule has 26 heavy (non-hydrogen) atoms. The Labute approximate surface area is 152 Å². The Morgan fingerprint density at radius 1 is 0.846 bits per heavy atom. The standard InChI is InChI=1S/C13H16N2.C9H7NO/c1-2-6-13-11(5-1)9-12(14-13)10-15-7-3-4-8-15;11-6-8-5-7-3-1-2-4-9(7)10-8/h1-2,5-6,9,14H,3-4,7-8,10H2;1-6,10H. The Balaban J connectivity index is 0.000000136. The lowest BCUT2D eigenvalue weighted by Crippen LogP contribution is -2.18. The van der Waals surface area contributed by atoms with E-state index in [9.17, 15) is 4.79 Å². The number of nitrogens with one attached hydrogen (secondary N) is 2. The minimum atomic E-state index is 0.631. The first-order chi connectivity index (χ1) is 12.8. The Morgan fingerprint density at radius 3 is 2.08 bits per heavy atom. The maximum Gasteiger partial charge on any atom is 0.166 e. The summed E-state index contributed by atoms with van der Waals surface area (Å²) in [5, 5.41) is 2.40. The summed E-state index contributed by atoms with van der Waals surface area (Å²) in [6.07, 6.45) is 3.54. The van der Waals surface area contributed by atoms with Crippen LogP contribution in [0.2, 0.25) is 0 Å². The Kier molecular flexibility index (Phi) is 4.84. The molecule has 1 aliphatic rings. The summed E-state index contributed by atoms with van der Waals surface area (Å²) in [5.74, 6) is 0. The second kappa shape index (κ2) is 7.58. The average Bonchev–Trinajstić information content (AvgIpc) is 3.40. The van der Waals surface area contributed by atoms with Gasteiger partial charge in [-0.15, -0.1) is 0 Å². The van der Waals surface area contributed by atoms with Gasteiger partial charge in [-0.2, -0.15) is 0 Å². The summed E-state index contributed by atoms with van der Waals surface area (Å²) in [7, 11) is 0. The van der Waals surface area contributed by atoms with Crippen LogP contribution in [0.5, 0.6) is 0 Å². The molecule has 0 spiro atoms. The minimum absolute atomic E-state index is 0.631. The van der Waals surface area contributed by atoms with Crippen LogP contribution in [0.4, 0.5) is 0 Å². The monoisotopic (exact) mass is 345 g/mol. The molecule has 2 aromatic heterocycles. The number of likely N-dealkylation sites (tertiary alicyclic amines) is 1. The normalized spacial score (nSPS) is 14.5. The Hall–Kier alpha value is -2.85. The number of carbonyl (C=O) groups excluding carboxylic acids is 1. The van der Waals surface area contributed by atoms with Crippen molar-refractivity contribution in [2.24, 2.45) is 0 Å². The molecule has 3 heterocycles. The molecular formula is C22H23N3O. The molecule has 0 aliphatic carbocycles. The molecule has 4 heteroatoms. The van der Waals surface area contributed by atoms with E-state index in [1.165, 1.54) is 42.5 Å². The number of rotatable bonds is 3. The predicted octanol–water partition coefficient (Wildman–Crippen LogP) is 4.74. The van der Waals surface area contributed by atoms with Gasteiger partial charge in [0.2, 0.25) is 0 Å². The van der Waals surface area contributed by atoms with E-state index in [1.54, 1.807) is 0 Å². The lowest BCUT2D eigenvalue weighted by atomic mass is 10.2. The van der Waals surface area contributed by atoms with E-state index in [1.807, 2.05) is 30.3 Å². The highest BCUT2D eigenvalue weighted by Crippen LogP contribution is 2.18.